The average molecular weight is 223 g/mol. The number of carbonyl (C=O) groups is 2. The molecule has 0 saturated heterocycles. The highest BCUT2D eigenvalue weighted by atomic mass is 32.2. The molecule has 1 aromatic rings. The number of rotatable bonds is 4. The minimum Gasteiger partial charge on any atom is -0.325 e. The lowest BCUT2D eigenvalue weighted by Gasteiger charge is -2.04. The van der Waals surface area contributed by atoms with Gasteiger partial charge in [-0.3, -0.25) is 9.59 Å². The van der Waals surface area contributed by atoms with Crippen LogP contribution in [-0.4, -0.2) is 23.7 Å². The molecule has 15 heavy (non-hydrogen) atoms. The molecule has 0 unspecified atom stereocenters. The Morgan fingerprint density at radius 1 is 1.40 bits per heavy atom. The molecule has 80 valence electrons. The van der Waals surface area contributed by atoms with E-state index >= 15 is 0 Å². The van der Waals surface area contributed by atoms with Crippen molar-refractivity contribution in [2.45, 2.75) is 6.92 Å². The lowest BCUT2D eigenvalue weighted by molar-refractivity contribution is -0.113. The molecule has 0 aliphatic heterocycles. The van der Waals surface area contributed by atoms with E-state index in [4.69, 9.17) is 0 Å². The summed E-state index contributed by atoms with van der Waals surface area (Å²) < 4.78 is 0. The molecule has 0 bridgehead atoms. The van der Waals surface area contributed by atoms with Crippen LogP contribution in [0.1, 0.15) is 17.3 Å². The molecule has 0 radical (unpaired) electrons. The van der Waals surface area contributed by atoms with Crippen LogP contribution < -0.4 is 5.32 Å². The summed E-state index contributed by atoms with van der Waals surface area (Å²) in [5.41, 5.74) is 1.28. The molecule has 0 heterocycles. The highest BCUT2D eigenvalue weighted by Gasteiger charge is 2.03. The maximum Gasteiger partial charge on any atom is 0.234 e. The molecule has 3 nitrogen and oxygen atoms in total. The maximum absolute atomic E-state index is 11.3. The van der Waals surface area contributed by atoms with E-state index in [9.17, 15) is 9.59 Å². The SMILES string of the molecule is CSCC(=O)Nc1cccc(C(C)=O)c1. The van der Waals surface area contributed by atoms with E-state index in [1.165, 1.54) is 18.7 Å². The minimum atomic E-state index is -0.0526. The first kappa shape index (κ1) is 11.8. The average Bonchev–Trinajstić information content (AvgIpc) is 2.18. The van der Waals surface area contributed by atoms with Gasteiger partial charge in [0, 0.05) is 11.3 Å². The standard InChI is InChI=1S/C11H13NO2S/c1-8(13)9-4-3-5-10(6-9)12-11(14)7-15-2/h3-6H,7H2,1-2H3,(H,12,14). The van der Waals surface area contributed by atoms with Crippen molar-refractivity contribution in [1.29, 1.82) is 0 Å². The van der Waals surface area contributed by atoms with E-state index in [-0.39, 0.29) is 11.7 Å². The van der Waals surface area contributed by atoms with Gasteiger partial charge >= 0.3 is 0 Å². The predicted molar refractivity (Wildman–Crippen MR) is 63.5 cm³/mol. The van der Waals surface area contributed by atoms with Crippen LogP contribution in [0.5, 0.6) is 0 Å². The van der Waals surface area contributed by atoms with Crippen molar-refractivity contribution in [3.05, 3.63) is 29.8 Å². The van der Waals surface area contributed by atoms with Gasteiger partial charge in [-0.15, -0.1) is 0 Å². The number of hydrogen-bond acceptors (Lipinski definition) is 3. The van der Waals surface area contributed by atoms with Gasteiger partial charge in [-0.2, -0.15) is 11.8 Å². The Morgan fingerprint density at radius 2 is 2.13 bits per heavy atom. The molecule has 1 rings (SSSR count). The summed E-state index contributed by atoms with van der Waals surface area (Å²) >= 11 is 1.46. The summed E-state index contributed by atoms with van der Waals surface area (Å²) in [6.07, 6.45) is 1.87. The second-order valence-corrected chi connectivity index (χ2v) is 3.98. The third kappa shape index (κ3) is 3.75. The number of ketones is 1. The van der Waals surface area contributed by atoms with Gasteiger partial charge in [0.2, 0.25) is 5.91 Å². The van der Waals surface area contributed by atoms with Crippen molar-refractivity contribution in [2.24, 2.45) is 0 Å². The van der Waals surface area contributed by atoms with Crippen LogP contribution in [0.2, 0.25) is 0 Å². The molecular formula is C11H13NO2S. The molecule has 0 aliphatic rings. The topological polar surface area (TPSA) is 46.2 Å². The Morgan fingerprint density at radius 3 is 2.73 bits per heavy atom. The van der Waals surface area contributed by atoms with E-state index in [0.717, 1.165) is 0 Å². The third-order valence-corrected chi connectivity index (χ3v) is 2.38. The van der Waals surface area contributed by atoms with E-state index in [1.54, 1.807) is 24.3 Å². The maximum atomic E-state index is 11.3. The van der Waals surface area contributed by atoms with Crippen molar-refractivity contribution < 1.29 is 9.59 Å². The smallest absolute Gasteiger partial charge is 0.234 e. The molecule has 0 fully saturated rings. The molecule has 1 N–H and O–H groups in total. The summed E-state index contributed by atoms with van der Waals surface area (Å²) in [6, 6.07) is 6.93. The fourth-order valence-corrected chi connectivity index (χ4v) is 1.48. The summed E-state index contributed by atoms with van der Waals surface area (Å²) in [4.78, 5) is 22.4. The normalized spacial score (nSPS) is 9.73. The molecular weight excluding hydrogens is 210 g/mol. The van der Waals surface area contributed by atoms with Gasteiger partial charge < -0.3 is 5.32 Å². The zero-order valence-corrected chi connectivity index (χ0v) is 9.56. The Bertz CT molecular complexity index is 377. The van der Waals surface area contributed by atoms with Gasteiger partial charge in [-0.05, 0) is 25.3 Å². The number of thioether (sulfide) groups is 1. The minimum absolute atomic E-state index is 0.00374. The molecule has 0 aliphatic carbocycles. The first-order chi connectivity index (χ1) is 7.13. The predicted octanol–water partition coefficient (Wildman–Crippen LogP) is 2.19. The van der Waals surface area contributed by atoms with Gasteiger partial charge in [0.25, 0.3) is 0 Å². The van der Waals surface area contributed by atoms with Crippen molar-refractivity contribution in [1.82, 2.24) is 0 Å². The number of benzene rings is 1. The highest BCUT2D eigenvalue weighted by molar-refractivity contribution is 7.99. The quantitative estimate of drug-likeness (QED) is 0.796. The van der Waals surface area contributed by atoms with E-state index in [1.807, 2.05) is 6.26 Å². The Hall–Kier alpha value is -1.29. The van der Waals surface area contributed by atoms with E-state index in [2.05, 4.69) is 5.32 Å². The summed E-state index contributed by atoms with van der Waals surface area (Å²) in [7, 11) is 0. The Kier molecular flexibility index (Phi) is 4.37. The summed E-state index contributed by atoms with van der Waals surface area (Å²) in [5, 5.41) is 2.73. The molecule has 0 spiro atoms. The van der Waals surface area contributed by atoms with Crippen molar-refractivity contribution >= 4 is 29.1 Å². The zero-order valence-electron chi connectivity index (χ0n) is 8.74. The largest absolute Gasteiger partial charge is 0.325 e. The van der Waals surface area contributed by atoms with Crippen LogP contribution in [0.15, 0.2) is 24.3 Å². The van der Waals surface area contributed by atoms with Crippen LogP contribution in [0, 0.1) is 0 Å². The van der Waals surface area contributed by atoms with Gasteiger partial charge in [-0.1, -0.05) is 12.1 Å². The van der Waals surface area contributed by atoms with Crippen molar-refractivity contribution in [3.8, 4) is 0 Å². The number of Topliss-reactive ketones (excluding diaryl/α,β-unsaturated/α-hetero) is 1. The lowest BCUT2D eigenvalue weighted by Crippen LogP contribution is -2.13. The summed E-state index contributed by atoms with van der Waals surface area (Å²) in [6.45, 7) is 1.50. The summed E-state index contributed by atoms with van der Waals surface area (Å²) in [5.74, 6) is 0.365. The Balaban J connectivity index is 2.73. The van der Waals surface area contributed by atoms with Crippen LogP contribution in [0.3, 0.4) is 0 Å². The van der Waals surface area contributed by atoms with Gasteiger partial charge in [0.05, 0.1) is 5.75 Å². The fraction of sp³-hybridized carbons (Fsp3) is 0.273. The van der Waals surface area contributed by atoms with Crippen molar-refractivity contribution in [2.75, 3.05) is 17.3 Å². The number of anilines is 1. The molecule has 1 aromatic carbocycles. The molecule has 0 aromatic heterocycles. The van der Waals surface area contributed by atoms with Gasteiger partial charge in [-0.25, -0.2) is 0 Å². The van der Waals surface area contributed by atoms with E-state index < -0.39 is 0 Å². The fourth-order valence-electron chi connectivity index (χ4n) is 1.14. The number of hydrogen-bond donors (Lipinski definition) is 1. The number of carbonyl (C=O) groups excluding carboxylic acids is 2. The first-order valence-electron chi connectivity index (χ1n) is 4.53. The number of nitrogens with one attached hydrogen (secondary N) is 1. The zero-order chi connectivity index (χ0) is 11.3. The second kappa shape index (κ2) is 5.56. The van der Waals surface area contributed by atoms with Crippen LogP contribution in [0.4, 0.5) is 5.69 Å². The van der Waals surface area contributed by atoms with Crippen molar-refractivity contribution in [3.63, 3.8) is 0 Å². The third-order valence-electron chi connectivity index (χ3n) is 1.83. The monoisotopic (exact) mass is 223 g/mol. The van der Waals surface area contributed by atoms with Gasteiger partial charge in [0.15, 0.2) is 5.78 Å². The van der Waals surface area contributed by atoms with Crippen LogP contribution in [-0.2, 0) is 4.79 Å². The highest BCUT2D eigenvalue weighted by Crippen LogP contribution is 2.11. The molecule has 0 atom stereocenters. The van der Waals surface area contributed by atoms with Crippen LogP contribution in [0.25, 0.3) is 0 Å². The second-order valence-electron chi connectivity index (χ2n) is 3.12. The Labute approximate surface area is 93.3 Å². The molecule has 4 heteroatoms. The number of amides is 1. The lowest BCUT2D eigenvalue weighted by atomic mass is 10.1. The molecule has 1 amide bonds. The first-order valence-corrected chi connectivity index (χ1v) is 5.92. The molecule has 0 saturated carbocycles. The van der Waals surface area contributed by atoms with Gasteiger partial charge in [0.1, 0.15) is 0 Å². The van der Waals surface area contributed by atoms with E-state index in [0.29, 0.717) is 17.0 Å². The van der Waals surface area contributed by atoms with Crippen LogP contribution >= 0.6 is 11.8 Å².